The standard InChI is InChI=1S/C16H15BrN2O4S/c1-8-9(2)24-15(12(8)14(21)19-16(22)23-3)18-13(20)10-5-4-6-11(17)7-10/h4-7H,1-3H3,(H,18,20)(H,19,21,22). The number of aryl methyl sites for hydroxylation is 1. The third-order valence-electron chi connectivity index (χ3n) is 3.33. The summed E-state index contributed by atoms with van der Waals surface area (Å²) in [7, 11) is 1.17. The van der Waals surface area contributed by atoms with Crippen LogP contribution < -0.4 is 10.6 Å². The zero-order valence-corrected chi connectivity index (χ0v) is 15.6. The van der Waals surface area contributed by atoms with Crippen molar-refractivity contribution in [3.05, 3.63) is 50.3 Å². The van der Waals surface area contributed by atoms with E-state index in [0.29, 0.717) is 16.1 Å². The third-order valence-corrected chi connectivity index (χ3v) is 4.94. The number of benzene rings is 1. The van der Waals surface area contributed by atoms with Crippen molar-refractivity contribution >= 4 is 50.2 Å². The van der Waals surface area contributed by atoms with E-state index in [0.717, 1.165) is 9.35 Å². The number of hydrogen-bond acceptors (Lipinski definition) is 5. The first-order chi connectivity index (χ1) is 11.3. The Morgan fingerprint density at radius 3 is 2.50 bits per heavy atom. The molecule has 1 aromatic carbocycles. The van der Waals surface area contributed by atoms with E-state index in [2.05, 4.69) is 31.3 Å². The fourth-order valence-electron chi connectivity index (χ4n) is 2.00. The molecule has 8 heteroatoms. The molecule has 0 aliphatic rings. The van der Waals surface area contributed by atoms with Crippen molar-refractivity contribution in [1.29, 1.82) is 0 Å². The quantitative estimate of drug-likeness (QED) is 0.803. The Hall–Kier alpha value is -2.19. The van der Waals surface area contributed by atoms with Crippen molar-refractivity contribution in [2.24, 2.45) is 0 Å². The molecule has 126 valence electrons. The number of methoxy groups -OCH3 is 1. The summed E-state index contributed by atoms with van der Waals surface area (Å²) in [6.07, 6.45) is -0.854. The van der Waals surface area contributed by atoms with Gasteiger partial charge in [0.05, 0.1) is 12.7 Å². The van der Waals surface area contributed by atoms with Crippen molar-refractivity contribution in [2.45, 2.75) is 13.8 Å². The maximum atomic E-state index is 12.4. The normalized spacial score (nSPS) is 10.2. The summed E-state index contributed by atoms with van der Waals surface area (Å²) in [5.74, 6) is -0.960. The maximum absolute atomic E-state index is 12.4. The molecule has 0 unspecified atom stereocenters. The molecular weight excluding hydrogens is 396 g/mol. The first kappa shape index (κ1) is 18.2. The van der Waals surface area contributed by atoms with E-state index in [1.165, 1.54) is 18.4 Å². The van der Waals surface area contributed by atoms with E-state index in [1.807, 2.05) is 13.0 Å². The maximum Gasteiger partial charge on any atom is 0.413 e. The van der Waals surface area contributed by atoms with Crippen molar-refractivity contribution in [3.8, 4) is 0 Å². The Morgan fingerprint density at radius 2 is 1.88 bits per heavy atom. The predicted molar refractivity (Wildman–Crippen MR) is 95.8 cm³/mol. The fourth-order valence-corrected chi connectivity index (χ4v) is 3.45. The summed E-state index contributed by atoms with van der Waals surface area (Å²) in [5.41, 5.74) is 1.41. The molecule has 1 aromatic heterocycles. The van der Waals surface area contributed by atoms with Crippen molar-refractivity contribution < 1.29 is 19.1 Å². The minimum Gasteiger partial charge on any atom is -0.453 e. The Labute approximate surface area is 151 Å². The molecule has 0 spiro atoms. The van der Waals surface area contributed by atoms with Crippen molar-refractivity contribution in [1.82, 2.24) is 5.32 Å². The smallest absolute Gasteiger partial charge is 0.413 e. The van der Waals surface area contributed by atoms with E-state index >= 15 is 0 Å². The fraction of sp³-hybridized carbons (Fsp3) is 0.188. The molecule has 0 aliphatic heterocycles. The average Bonchev–Trinajstić information content (AvgIpc) is 2.81. The first-order valence-corrected chi connectivity index (χ1v) is 8.50. The molecule has 0 aliphatic carbocycles. The van der Waals surface area contributed by atoms with E-state index in [9.17, 15) is 14.4 Å². The SMILES string of the molecule is COC(=O)NC(=O)c1c(NC(=O)c2cccc(Br)c2)sc(C)c1C. The number of carbonyl (C=O) groups is 3. The first-order valence-electron chi connectivity index (χ1n) is 6.89. The second kappa shape index (κ2) is 7.59. The van der Waals surface area contributed by atoms with Gasteiger partial charge in [-0.1, -0.05) is 22.0 Å². The molecule has 3 amide bonds. The van der Waals surface area contributed by atoms with Gasteiger partial charge in [-0.05, 0) is 37.6 Å². The lowest BCUT2D eigenvalue weighted by Crippen LogP contribution is -2.31. The number of nitrogens with one attached hydrogen (secondary N) is 2. The van der Waals surface area contributed by atoms with Gasteiger partial charge >= 0.3 is 6.09 Å². The van der Waals surface area contributed by atoms with Crippen LogP contribution >= 0.6 is 27.3 Å². The van der Waals surface area contributed by atoms with Crippen LogP contribution in [0.2, 0.25) is 0 Å². The number of rotatable bonds is 3. The lowest BCUT2D eigenvalue weighted by Gasteiger charge is -2.08. The van der Waals surface area contributed by atoms with Gasteiger partial charge in [-0.3, -0.25) is 14.9 Å². The molecule has 0 bridgehead atoms. The molecule has 0 saturated carbocycles. The number of ether oxygens (including phenoxy) is 1. The van der Waals surface area contributed by atoms with E-state index in [-0.39, 0.29) is 11.5 Å². The zero-order valence-electron chi connectivity index (χ0n) is 13.2. The van der Waals surface area contributed by atoms with Crippen LogP contribution in [0, 0.1) is 13.8 Å². The minimum atomic E-state index is -0.854. The Balaban J connectivity index is 2.30. The summed E-state index contributed by atoms with van der Waals surface area (Å²) in [6, 6.07) is 6.90. The van der Waals surface area contributed by atoms with Crippen LogP contribution in [0.15, 0.2) is 28.7 Å². The number of alkyl carbamates (subject to hydrolysis) is 1. The summed E-state index contributed by atoms with van der Waals surface area (Å²) < 4.78 is 5.21. The molecule has 0 radical (unpaired) electrons. The van der Waals surface area contributed by atoms with Gasteiger partial charge in [0, 0.05) is 14.9 Å². The van der Waals surface area contributed by atoms with Crippen molar-refractivity contribution in [3.63, 3.8) is 0 Å². The second-order valence-electron chi connectivity index (χ2n) is 4.90. The number of halogens is 1. The molecule has 0 atom stereocenters. The number of anilines is 1. The Morgan fingerprint density at radius 1 is 1.17 bits per heavy atom. The van der Waals surface area contributed by atoms with Gasteiger partial charge in [0.2, 0.25) is 0 Å². The van der Waals surface area contributed by atoms with Gasteiger partial charge in [0.1, 0.15) is 5.00 Å². The molecule has 0 saturated heterocycles. The minimum absolute atomic E-state index is 0.256. The molecule has 2 N–H and O–H groups in total. The number of carbonyl (C=O) groups excluding carboxylic acids is 3. The molecule has 2 aromatic rings. The van der Waals surface area contributed by atoms with Gasteiger partial charge in [0.25, 0.3) is 11.8 Å². The van der Waals surface area contributed by atoms with Gasteiger partial charge < -0.3 is 10.1 Å². The van der Waals surface area contributed by atoms with E-state index < -0.39 is 12.0 Å². The molecule has 6 nitrogen and oxygen atoms in total. The summed E-state index contributed by atoms with van der Waals surface area (Å²) >= 11 is 4.59. The molecule has 2 rings (SSSR count). The summed E-state index contributed by atoms with van der Waals surface area (Å²) in [5, 5.41) is 5.23. The number of hydrogen-bond donors (Lipinski definition) is 2. The highest BCUT2D eigenvalue weighted by atomic mass is 79.9. The Kier molecular flexibility index (Phi) is 5.74. The molecule has 24 heavy (non-hydrogen) atoms. The highest BCUT2D eigenvalue weighted by Crippen LogP contribution is 2.32. The highest BCUT2D eigenvalue weighted by molar-refractivity contribution is 9.10. The van der Waals surface area contributed by atoms with Gasteiger partial charge in [0.15, 0.2) is 0 Å². The van der Waals surface area contributed by atoms with Crippen LogP contribution in [0.4, 0.5) is 9.80 Å². The van der Waals surface area contributed by atoms with Gasteiger partial charge in [-0.2, -0.15) is 0 Å². The van der Waals surface area contributed by atoms with Crippen LogP contribution in [0.25, 0.3) is 0 Å². The molecule has 0 fully saturated rings. The third kappa shape index (κ3) is 4.01. The van der Waals surface area contributed by atoms with Crippen LogP contribution in [-0.4, -0.2) is 25.0 Å². The van der Waals surface area contributed by atoms with Gasteiger partial charge in [-0.15, -0.1) is 11.3 Å². The number of thiophene rings is 1. The van der Waals surface area contributed by atoms with E-state index in [4.69, 9.17) is 0 Å². The summed E-state index contributed by atoms with van der Waals surface area (Å²) in [6.45, 7) is 3.59. The van der Waals surface area contributed by atoms with Crippen molar-refractivity contribution in [2.75, 3.05) is 12.4 Å². The Bertz CT molecular complexity index is 816. The van der Waals surface area contributed by atoms with Gasteiger partial charge in [-0.25, -0.2) is 4.79 Å². The van der Waals surface area contributed by atoms with Crippen LogP contribution in [0.1, 0.15) is 31.2 Å². The second-order valence-corrected chi connectivity index (χ2v) is 7.04. The van der Waals surface area contributed by atoms with Crippen LogP contribution in [0.3, 0.4) is 0 Å². The predicted octanol–water partition coefficient (Wildman–Crippen LogP) is 3.88. The average molecular weight is 411 g/mol. The van der Waals surface area contributed by atoms with Crippen LogP contribution in [-0.2, 0) is 4.74 Å². The monoisotopic (exact) mass is 410 g/mol. The lowest BCUT2D eigenvalue weighted by molar-refractivity contribution is 0.0937. The number of imide groups is 1. The van der Waals surface area contributed by atoms with E-state index in [1.54, 1.807) is 25.1 Å². The zero-order chi connectivity index (χ0) is 17.9. The summed E-state index contributed by atoms with van der Waals surface area (Å²) in [4.78, 5) is 36.8. The van der Waals surface area contributed by atoms with Crippen LogP contribution in [0.5, 0.6) is 0 Å². The highest BCUT2D eigenvalue weighted by Gasteiger charge is 2.23. The lowest BCUT2D eigenvalue weighted by atomic mass is 10.1. The largest absolute Gasteiger partial charge is 0.453 e. The number of amides is 3. The molecule has 1 heterocycles. The molecular formula is C16H15BrN2O4S. The topological polar surface area (TPSA) is 84.5 Å².